The Labute approximate surface area is 197 Å². The molecule has 1 aromatic rings. The molecule has 0 N–H and O–H groups in total. The number of oxime groups is 1. The molecular formula is C27H48N3O2+. The standard InChI is InChI=1S/C27H48N3O2/c1-10-26(6)21-25(28-31-20-16-19-30(8,9)12-3)22(4)27(7,11-2)29(26)32-23(5)24-17-14-13-15-18-24/h13-15,17-18,22-23H,10-12,16,19-21H2,1-9H3/q+1/b28-25-. The first-order valence-corrected chi connectivity index (χ1v) is 12.6. The van der Waals surface area contributed by atoms with Crippen LogP contribution < -0.4 is 0 Å². The van der Waals surface area contributed by atoms with E-state index in [1.807, 2.05) is 0 Å². The molecule has 4 atom stereocenters. The fraction of sp³-hybridized carbons (Fsp3) is 0.741. The van der Waals surface area contributed by atoms with Crippen LogP contribution in [0, 0.1) is 5.92 Å². The van der Waals surface area contributed by atoms with Crippen molar-refractivity contribution in [3.63, 3.8) is 0 Å². The van der Waals surface area contributed by atoms with Crippen molar-refractivity contribution in [3.8, 4) is 0 Å². The Bertz CT molecular complexity index is 736. The normalized spacial score (nSPS) is 29.3. The molecule has 1 fully saturated rings. The highest BCUT2D eigenvalue weighted by Crippen LogP contribution is 2.46. The summed E-state index contributed by atoms with van der Waals surface area (Å²) in [6.07, 6.45) is 3.84. The van der Waals surface area contributed by atoms with Gasteiger partial charge in [-0.1, -0.05) is 56.3 Å². The molecule has 1 saturated heterocycles. The monoisotopic (exact) mass is 446 g/mol. The molecule has 1 aliphatic rings. The van der Waals surface area contributed by atoms with Gasteiger partial charge in [0.15, 0.2) is 0 Å². The highest BCUT2D eigenvalue weighted by molar-refractivity contribution is 5.89. The maximum atomic E-state index is 6.74. The van der Waals surface area contributed by atoms with Gasteiger partial charge in [0.25, 0.3) is 0 Å². The minimum Gasteiger partial charge on any atom is -0.396 e. The van der Waals surface area contributed by atoms with Crippen LogP contribution in [-0.2, 0) is 9.68 Å². The average Bonchev–Trinajstić information content (AvgIpc) is 2.80. The van der Waals surface area contributed by atoms with Crippen LogP contribution in [0.5, 0.6) is 0 Å². The zero-order valence-corrected chi connectivity index (χ0v) is 22.1. The number of hydroxylamine groups is 2. The lowest BCUT2D eigenvalue weighted by Crippen LogP contribution is -2.66. The predicted octanol–water partition coefficient (Wildman–Crippen LogP) is 6.22. The zero-order chi connectivity index (χ0) is 24.0. The van der Waals surface area contributed by atoms with E-state index in [0.29, 0.717) is 6.61 Å². The molecule has 0 bridgehead atoms. The number of rotatable bonds is 11. The Morgan fingerprint density at radius 1 is 1.12 bits per heavy atom. The summed E-state index contributed by atoms with van der Waals surface area (Å²) < 4.78 is 1.02. The Hall–Kier alpha value is -1.43. The number of benzene rings is 1. The second-order valence-electron chi connectivity index (χ2n) is 10.7. The minimum atomic E-state index is -0.157. The van der Waals surface area contributed by atoms with Gasteiger partial charge in [0, 0.05) is 24.3 Å². The van der Waals surface area contributed by atoms with Crippen LogP contribution in [0.2, 0.25) is 0 Å². The molecule has 0 aliphatic carbocycles. The van der Waals surface area contributed by atoms with Crippen molar-refractivity contribution < 1.29 is 14.2 Å². The number of piperidine rings is 1. The smallest absolute Gasteiger partial charge is 0.122 e. The highest BCUT2D eigenvalue weighted by atomic mass is 16.7. The first kappa shape index (κ1) is 26.8. The Morgan fingerprint density at radius 3 is 2.34 bits per heavy atom. The van der Waals surface area contributed by atoms with E-state index in [1.165, 1.54) is 5.56 Å². The van der Waals surface area contributed by atoms with Crippen molar-refractivity contribution in [2.45, 2.75) is 91.3 Å². The van der Waals surface area contributed by atoms with E-state index in [-0.39, 0.29) is 23.1 Å². The molecule has 0 radical (unpaired) electrons. The summed E-state index contributed by atoms with van der Waals surface area (Å²) >= 11 is 0. The molecular weight excluding hydrogens is 398 g/mol. The quantitative estimate of drug-likeness (QED) is 0.230. The first-order valence-electron chi connectivity index (χ1n) is 12.6. The lowest BCUT2D eigenvalue weighted by Gasteiger charge is -2.57. The van der Waals surface area contributed by atoms with E-state index in [1.54, 1.807) is 0 Å². The molecule has 5 nitrogen and oxygen atoms in total. The summed E-state index contributed by atoms with van der Waals surface area (Å²) in [5.74, 6) is 0.248. The number of hydrogen-bond acceptors (Lipinski definition) is 4. The van der Waals surface area contributed by atoms with Crippen molar-refractivity contribution in [1.29, 1.82) is 0 Å². The lowest BCUT2D eigenvalue weighted by molar-refractivity contribution is -0.888. The maximum Gasteiger partial charge on any atom is 0.122 e. The van der Waals surface area contributed by atoms with E-state index in [0.717, 1.165) is 49.0 Å². The molecule has 0 spiro atoms. The fourth-order valence-corrected chi connectivity index (χ4v) is 4.63. The summed E-state index contributed by atoms with van der Waals surface area (Å²) in [6.45, 7) is 18.7. The van der Waals surface area contributed by atoms with Crippen molar-refractivity contribution in [3.05, 3.63) is 35.9 Å². The fourth-order valence-electron chi connectivity index (χ4n) is 4.63. The van der Waals surface area contributed by atoms with Gasteiger partial charge in [0.2, 0.25) is 0 Å². The van der Waals surface area contributed by atoms with Gasteiger partial charge >= 0.3 is 0 Å². The van der Waals surface area contributed by atoms with Gasteiger partial charge in [0.05, 0.1) is 38.4 Å². The molecule has 1 aliphatic heterocycles. The summed E-state index contributed by atoms with van der Waals surface area (Å²) in [4.78, 5) is 12.6. The van der Waals surface area contributed by atoms with Gasteiger partial charge in [-0.15, -0.1) is 0 Å². The third kappa shape index (κ3) is 6.12. The maximum absolute atomic E-state index is 6.74. The van der Waals surface area contributed by atoms with Crippen molar-refractivity contribution in [2.75, 3.05) is 33.8 Å². The van der Waals surface area contributed by atoms with Gasteiger partial charge in [-0.25, -0.2) is 0 Å². The zero-order valence-electron chi connectivity index (χ0n) is 22.1. The van der Waals surface area contributed by atoms with Gasteiger partial charge < -0.3 is 9.32 Å². The predicted molar refractivity (Wildman–Crippen MR) is 134 cm³/mol. The van der Waals surface area contributed by atoms with Crippen LogP contribution in [-0.4, -0.2) is 60.1 Å². The molecule has 32 heavy (non-hydrogen) atoms. The van der Waals surface area contributed by atoms with E-state index in [9.17, 15) is 0 Å². The van der Waals surface area contributed by atoms with Crippen LogP contribution in [0.1, 0.15) is 85.8 Å². The molecule has 4 unspecified atom stereocenters. The van der Waals surface area contributed by atoms with Crippen molar-refractivity contribution in [2.24, 2.45) is 11.1 Å². The SMILES string of the molecule is CCC1(C)C/C(=N/OCCC[N+](C)(C)CC)C(C)C(C)(CC)N1OC(C)c1ccccc1. The molecule has 2 rings (SSSR count). The third-order valence-corrected chi connectivity index (χ3v) is 8.00. The van der Waals surface area contributed by atoms with Crippen molar-refractivity contribution >= 4 is 5.71 Å². The summed E-state index contributed by atoms with van der Waals surface area (Å²) in [5, 5.41) is 7.00. The summed E-state index contributed by atoms with van der Waals surface area (Å²) in [7, 11) is 4.53. The second-order valence-corrected chi connectivity index (χ2v) is 10.7. The molecule has 0 saturated carbocycles. The van der Waals surface area contributed by atoms with E-state index in [2.05, 4.69) is 98.0 Å². The van der Waals surface area contributed by atoms with Crippen LogP contribution >= 0.6 is 0 Å². The van der Waals surface area contributed by atoms with Gasteiger partial charge in [-0.05, 0) is 46.1 Å². The number of hydrogen-bond donors (Lipinski definition) is 0. The number of quaternary nitrogens is 1. The molecule has 5 heteroatoms. The lowest BCUT2D eigenvalue weighted by atomic mass is 9.70. The molecule has 0 aromatic heterocycles. The van der Waals surface area contributed by atoms with E-state index < -0.39 is 0 Å². The Kier molecular flexibility index (Phi) is 9.33. The van der Waals surface area contributed by atoms with Crippen molar-refractivity contribution in [1.82, 2.24) is 5.06 Å². The average molecular weight is 447 g/mol. The largest absolute Gasteiger partial charge is 0.396 e. The minimum absolute atomic E-state index is 0.00469. The molecule has 1 heterocycles. The highest BCUT2D eigenvalue weighted by Gasteiger charge is 2.53. The second kappa shape index (κ2) is 11.1. The number of nitrogens with zero attached hydrogens (tertiary/aromatic N) is 3. The van der Waals surface area contributed by atoms with Crippen LogP contribution in [0.15, 0.2) is 35.5 Å². The first-order chi connectivity index (χ1) is 15.0. The van der Waals surface area contributed by atoms with Gasteiger partial charge in [-0.2, -0.15) is 5.06 Å². The van der Waals surface area contributed by atoms with E-state index >= 15 is 0 Å². The van der Waals surface area contributed by atoms with Crippen LogP contribution in [0.4, 0.5) is 0 Å². The Morgan fingerprint density at radius 2 is 1.78 bits per heavy atom. The summed E-state index contributed by atoms with van der Waals surface area (Å²) in [5.41, 5.74) is 2.07. The molecule has 0 amide bonds. The topological polar surface area (TPSA) is 34.1 Å². The van der Waals surface area contributed by atoms with Gasteiger partial charge in [-0.3, -0.25) is 4.84 Å². The Balaban J connectivity index is 2.18. The van der Waals surface area contributed by atoms with E-state index in [4.69, 9.17) is 14.8 Å². The van der Waals surface area contributed by atoms with Crippen LogP contribution in [0.25, 0.3) is 0 Å². The summed E-state index contributed by atoms with van der Waals surface area (Å²) in [6, 6.07) is 10.5. The molecule has 1 aromatic carbocycles. The molecule has 182 valence electrons. The van der Waals surface area contributed by atoms with Crippen LogP contribution in [0.3, 0.4) is 0 Å². The third-order valence-electron chi connectivity index (χ3n) is 8.00. The van der Waals surface area contributed by atoms with Gasteiger partial charge in [0.1, 0.15) is 12.7 Å².